The maximum Gasteiger partial charge on any atom is 0.269 e. The van der Waals surface area contributed by atoms with Gasteiger partial charge in [0.05, 0.1) is 27.5 Å². The average Bonchev–Trinajstić information content (AvgIpc) is 2.83. The van der Waals surface area contributed by atoms with Crippen LogP contribution >= 0.6 is 22.6 Å². The van der Waals surface area contributed by atoms with E-state index >= 15 is 0 Å². The molecule has 0 aromatic heterocycles. The van der Waals surface area contributed by atoms with Gasteiger partial charge in [0.15, 0.2) is 11.5 Å². The Balaban J connectivity index is 1.48. The third-order valence-corrected chi connectivity index (χ3v) is 5.79. The van der Waals surface area contributed by atoms with Crippen LogP contribution in [0.25, 0.3) is 10.8 Å². The number of fused-ring (bicyclic) bond motifs is 1. The van der Waals surface area contributed by atoms with Crippen molar-refractivity contribution in [3.8, 4) is 11.5 Å². The molecule has 0 spiro atoms. The second-order valence-corrected chi connectivity index (χ2v) is 8.30. The highest BCUT2D eigenvalue weighted by molar-refractivity contribution is 14.1. The van der Waals surface area contributed by atoms with E-state index in [2.05, 4.69) is 57.4 Å². The van der Waals surface area contributed by atoms with Crippen molar-refractivity contribution in [2.75, 3.05) is 12.5 Å². The summed E-state index contributed by atoms with van der Waals surface area (Å²) in [4.78, 5) is 10.3. The Morgan fingerprint density at radius 2 is 1.82 bits per heavy atom. The van der Waals surface area contributed by atoms with Crippen LogP contribution in [-0.2, 0) is 6.61 Å². The minimum Gasteiger partial charge on any atom is -0.493 e. The van der Waals surface area contributed by atoms with Crippen LogP contribution < -0.4 is 14.9 Å². The van der Waals surface area contributed by atoms with Crippen molar-refractivity contribution in [1.82, 2.24) is 0 Å². The first-order chi connectivity index (χ1) is 16.0. The van der Waals surface area contributed by atoms with Crippen molar-refractivity contribution in [2.45, 2.75) is 6.61 Å². The molecule has 0 bridgehead atoms. The number of rotatable bonds is 8. The molecule has 0 aliphatic heterocycles. The monoisotopic (exact) mass is 553 g/mol. The van der Waals surface area contributed by atoms with Gasteiger partial charge in [-0.3, -0.25) is 15.5 Å². The summed E-state index contributed by atoms with van der Waals surface area (Å²) in [5.41, 5.74) is 5.47. The van der Waals surface area contributed by atoms with Crippen LogP contribution in [0.5, 0.6) is 11.5 Å². The molecule has 0 fully saturated rings. The fourth-order valence-electron chi connectivity index (χ4n) is 3.36. The van der Waals surface area contributed by atoms with E-state index in [1.54, 1.807) is 25.5 Å². The highest BCUT2D eigenvalue weighted by Gasteiger charge is 2.12. The van der Waals surface area contributed by atoms with Crippen LogP contribution in [0.4, 0.5) is 11.4 Å². The van der Waals surface area contributed by atoms with Crippen molar-refractivity contribution >= 4 is 51.0 Å². The fraction of sp³-hybridized carbons (Fsp3) is 0.0800. The van der Waals surface area contributed by atoms with Gasteiger partial charge in [0.2, 0.25) is 0 Å². The summed E-state index contributed by atoms with van der Waals surface area (Å²) in [6.45, 7) is 0.419. The summed E-state index contributed by atoms with van der Waals surface area (Å²) in [6.07, 6.45) is 1.65. The molecule has 0 unspecified atom stereocenters. The van der Waals surface area contributed by atoms with Crippen LogP contribution in [0.1, 0.15) is 11.1 Å². The molecule has 0 atom stereocenters. The van der Waals surface area contributed by atoms with Crippen molar-refractivity contribution < 1.29 is 14.4 Å². The number of nitrogens with zero attached hydrogens (tertiary/aromatic N) is 2. The quantitative estimate of drug-likeness (QED) is 0.118. The molecule has 7 nitrogen and oxygen atoms in total. The summed E-state index contributed by atoms with van der Waals surface area (Å²) >= 11 is 2.22. The molecule has 4 rings (SSSR count). The van der Waals surface area contributed by atoms with Gasteiger partial charge in [-0.2, -0.15) is 5.10 Å². The summed E-state index contributed by atoms with van der Waals surface area (Å²) in [5.74, 6) is 1.28. The van der Waals surface area contributed by atoms with Gasteiger partial charge in [0.25, 0.3) is 5.69 Å². The number of nitro benzene ring substituents is 1. The molecule has 0 radical (unpaired) electrons. The van der Waals surface area contributed by atoms with Gasteiger partial charge >= 0.3 is 0 Å². The number of hydrazone groups is 1. The zero-order valence-corrected chi connectivity index (χ0v) is 19.9. The lowest BCUT2D eigenvalue weighted by Gasteiger charge is -2.14. The number of benzene rings is 4. The predicted octanol–water partition coefficient (Wildman–Crippen LogP) is 6.39. The largest absolute Gasteiger partial charge is 0.493 e. The normalized spacial score (nSPS) is 11.0. The SMILES string of the molecule is COc1cc(/C=N/Nc2ccc([N+](=O)[O-])cc2)cc(I)c1OCc1cccc2ccccc12. The first-order valence-electron chi connectivity index (χ1n) is 10.1. The third kappa shape index (κ3) is 5.40. The number of nitrogens with one attached hydrogen (secondary N) is 1. The topological polar surface area (TPSA) is 86.0 Å². The molecular weight excluding hydrogens is 533 g/mol. The number of methoxy groups -OCH3 is 1. The fourth-order valence-corrected chi connectivity index (χ4v) is 4.14. The second-order valence-electron chi connectivity index (χ2n) is 7.14. The van der Waals surface area contributed by atoms with E-state index in [-0.39, 0.29) is 5.69 Å². The van der Waals surface area contributed by atoms with Gasteiger partial charge in [0.1, 0.15) is 6.61 Å². The van der Waals surface area contributed by atoms with E-state index in [0.29, 0.717) is 23.8 Å². The van der Waals surface area contributed by atoms with Crippen LogP contribution in [0.3, 0.4) is 0 Å². The lowest BCUT2D eigenvalue weighted by atomic mass is 10.1. The molecule has 0 amide bonds. The number of non-ortho nitro benzene ring substituents is 1. The van der Waals surface area contributed by atoms with Gasteiger partial charge in [-0.05, 0) is 68.8 Å². The predicted molar refractivity (Wildman–Crippen MR) is 138 cm³/mol. The zero-order valence-electron chi connectivity index (χ0n) is 17.7. The first-order valence-corrected chi connectivity index (χ1v) is 11.1. The Morgan fingerprint density at radius 3 is 2.58 bits per heavy atom. The third-order valence-electron chi connectivity index (χ3n) is 4.99. The standard InChI is InChI=1S/C25H20IN3O4/c1-32-24-14-17(15-27-28-20-9-11-21(12-10-20)29(30)31)13-23(26)25(24)33-16-19-7-4-6-18-5-2-3-8-22(18)19/h2-15,28H,16H2,1H3/b27-15+. The van der Waals surface area contributed by atoms with Crippen LogP contribution in [0.2, 0.25) is 0 Å². The van der Waals surface area contributed by atoms with E-state index in [0.717, 1.165) is 20.1 Å². The number of hydrogen-bond donors (Lipinski definition) is 1. The van der Waals surface area contributed by atoms with Gasteiger partial charge < -0.3 is 9.47 Å². The van der Waals surface area contributed by atoms with Gasteiger partial charge in [-0.1, -0.05) is 42.5 Å². The molecule has 0 saturated heterocycles. The van der Waals surface area contributed by atoms with E-state index < -0.39 is 4.92 Å². The molecule has 166 valence electrons. The van der Waals surface area contributed by atoms with E-state index in [1.807, 2.05) is 30.3 Å². The molecule has 8 heteroatoms. The summed E-state index contributed by atoms with van der Waals surface area (Å²) in [6, 6.07) is 24.2. The molecule has 4 aromatic rings. The van der Waals surface area contributed by atoms with Crippen molar-refractivity contribution in [3.05, 3.63) is 104 Å². The minimum absolute atomic E-state index is 0.0305. The number of halogens is 1. The molecule has 0 heterocycles. The van der Waals surface area contributed by atoms with E-state index in [9.17, 15) is 10.1 Å². The first kappa shape index (κ1) is 22.5. The smallest absolute Gasteiger partial charge is 0.269 e. The Kier molecular flexibility index (Phi) is 7.04. The van der Waals surface area contributed by atoms with E-state index in [4.69, 9.17) is 9.47 Å². The average molecular weight is 553 g/mol. The minimum atomic E-state index is -0.439. The second kappa shape index (κ2) is 10.3. The maximum atomic E-state index is 10.7. The molecule has 4 aromatic carbocycles. The molecule has 33 heavy (non-hydrogen) atoms. The van der Waals surface area contributed by atoms with Gasteiger partial charge in [-0.25, -0.2) is 0 Å². The van der Waals surface area contributed by atoms with Gasteiger partial charge in [0, 0.05) is 12.1 Å². The number of ether oxygens (including phenoxy) is 2. The highest BCUT2D eigenvalue weighted by atomic mass is 127. The zero-order chi connectivity index (χ0) is 23.2. The molecule has 1 N–H and O–H groups in total. The van der Waals surface area contributed by atoms with Gasteiger partial charge in [-0.15, -0.1) is 0 Å². The number of anilines is 1. The Bertz CT molecular complexity index is 1320. The van der Waals surface area contributed by atoms with Crippen LogP contribution in [0.15, 0.2) is 84.0 Å². The molecule has 0 aliphatic carbocycles. The summed E-state index contributed by atoms with van der Waals surface area (Å²) in [7, 11) is 1.60. The Hall–Kier alpha value is -3.66. The highest BCUT2D eigenvalue weighted by Crippen LogP contribution is 2.34. The summed E-state index contributed by atoms with van der Waals surface area (Å²) < 4.78 is 12.6. The lowest BCUT2D eigenvalue weighted by Crippen LogP contribution is -2.01. The summed E-state index contributed by atoms with van der Waals surface area (Å²) in [5, 5.41) is 17.3. The van der Waals surface area contributed by atoms with Crippen LogP contribution in [0, 0.1) is 13.7 Å². The van der Waals surface area contributed by atoms with Crippen molar-refractivity contribution in [2.24, 2.45) is 5.10 Å². The molecular formula is C25H20IN3O4. The number of hydrogen-bond acceptors (Lipinski definition) is 6. The molecule has 0 saturated carbocycles. The van der Waals surface area contributed by atoms with Crippen molar-refractivity contribution in [1.29, 1.82) is 0 Å². The maximum absolute atomic E-state index is 10.7. The number of nitro groups is 1. The van der Waals surface area contributed by atoms with Crippen molar-refractivity contribution in [3.63, 3.8) is 0 Å². The molecule has 0 aliphatic rings. The Morgan fingerprint density at radius 1 is 1.06 bits per heavy atom. The Labute approximate surface area is 204 Å². The van der Waals surface area contributed by atoms with E-state index in [1.165, 1.54) is 17.5 Å². The lowest BCUT2D eigenvalue weighted by molar-refractivity contribution is -0.384. The van der Waals surface area contributed by atoms with Crippen LogP contribution in [-0.4, -0.2) is 18.2 Å².